The molecule has 3 heterocycles. The van der Waals surface area contributed by atoms with E-state index in [4.69, 9.17) is 9.40 Å². The molecule has 3 aromatic heterocycles. The number of unbranched alkanes of at least 4 members (excludes halogenated alkanes) is 1. The first kappa shape index (κ1) is 18.9. The lowest BCUT2D eigenvalue weighted by Gasteiger charge is -2.14. The van der Waals surface area contributed by atoms with Crippen LogP contribution >= 0.6 is 23.1 Å². The van der Waals surface area contributed by atoms with Gasteiger partial charge in [-0.3, -0.25) is 9.36 Å². The number of hydrogen-bond donors (Lipinski definition) is 0. The summed E-state index contributed by atoms with van der Waals surface area (Å²) in [6.45, 7) is 4.74. The van der Waals surface area contributed by atoms with Crippen molar-refractivity contribution in [2.45, 2.75) is 43.6 Å². The van der Waals surface area contributed by atoms with Gasteiger partial charge in [0.2, 0.25) is 5.89 Å². The fourth-order valence-electron chi connectivity index (χ4n) is 2.86. The number of para-hydroxylation sites is 1. The lowest BCUT2D eigenvalue weighted by Crippen LogP contribution is -2.23. The number of thioether (sulfide) groups is 1. The zero-order chi connectivity index (χ0) is 19.5. The molecule has 0 N–H and O–H groups in total. The molecule has 0 bridgehead atoms. The maximum absolute atomic E-state index is 13.0. The second-order valence-electron chi connectivity index (χ2n) is 6.40. The van der Waals surface area contributed by atoms with Crippen LogP contribution in [0.15, 0.2) is 56.1 Å². The van der Waals surface area contributed by atoms with Crippen molar-refractivity contribution in [3.8, 4) is 10.8 Å². The van der Waals surface area contributed by atoms with Gasteiger partial charge in [-0.2, -0.15) is 0 Å². The Balaban J connectivity index is 1.67. The van der Waals surface area contributed by atoms with E-state index in [9.17, 15) is 4.79 Å². The Morgan fingerprint density at radius 1 is 1.21 bits per heavy atom. The Labute approximate surface area is 170 Å². The quantitative estimate of drug-likeness (QED) is 0.308. The summed E-state index contributed by atoms with van der Waals surface area (Å²) in [7, 11) is 0. The highest BCUT2D eigenvalue weighted by Gasteiger charge is 2.20. The molecule has 28 heavy (non-hydrogen) atoms. The van der Waals surface area contributed by atoms with E-state index in [0.717, 1.165) is 17.7 Å². The normalized spacial score (nSPS) is 12.5. The van der Waals surface area contributed by atoms with Crippen molar-refractivity contribution >= 4 is 34.0 Å². The molecule has 0 unspecified atom stereocenters. The van der Waals surface area contributed by atoms with E-state index in [1.807, 2.05) is 48.7 Å². The Morgan fingerprint density at radius 2 is 2.07 bits per heavy atom. The molecule has 0 saturated heterocycles. The molecule has 6 nitrogen and oxygen atoms in total. The molecule has 4 aromatic rings. The summed E-state index contributed by atoms with van der Waals surface area (Å²) >= 11 is 3.03. The van der Waals surface area contributed by atoms with Gasteiger partial charge in [0, 0.05) is 6.54 Å². The predicted molar refractivity (Wildman–Crippen MR) is 113 cm³/mol. The van der Waals surface area contributed by atoms with Gasteiger partial charge in [0.05, 0.1) is 21.0 Å². The third-order valence-electron chi connectivity index (χ3n) is 4.36. The molecule has 8 heteroatoms. The zero-order valence-corrected chi connectivity index (χ0v) is 17.3. The number of benzene rings is 1. The molecule has 0 aliphatic carbocycles. The van der Waals surface area contributed by atoms with Crippen LogP contribution in [0.3, 0.4) is 0 Å². The average molecular weight is 413 g/mol. The third-order valence-corrected chi connectivity index (χ3v) is 6.30. The van der Waals surface area contributed by atoms with Gasteiger partial charge in [0.15, 0.2) is 5.16 Å². The summed E-state index contributed by atoms with van der Waals surface area (Å²) in [6, 6.07) is 11.4. The first-order valence-corrected chi connectivity index (χ1v) is 11.0. The summed E-state index contributed by atoms with van der Waals surface area (Å²) in [5, 5.41) is 11.5. The molecule has 0 fully saturated rings. The van der Waals surface area contributed by atoms with Crippen LogP contribution in [0.5, 0.6) is 0 Å². The van der Waals surface area contributed by atoms with Crippen LogP contribution in [0.1, 0.15) is 37.8 Å². The summed E-state index contributed by atoms with van der Waals surface area (Å²) in [6.07, 6.45) is 1.93. The predicted octanol–water partition coefficient (Wildman–Crippen LogP) is 5.16. The van der Waals surface area contributed by atoms with Crippen molar-refractivity contribution in [1.29, 1.82) is 0 Å². The molecule has 0 saturated carbocycles. The van der Waals surface area contributed by atoms with Crippen LogP contribution in [0.4, 0.5) is 0 Å². The highest BCUT2D eigenvalue weighted by molar-refractivity contribution is 7.99. The van der Waals surface area contributed by atoms with E-state index in [0.29, 0.717) is 34.4 Å². The Hall–Kier alpha value is -2.45. The van der Waals surface area contributed by atoms with E-state index in [1.54, 1.807) is 15.9 Å². The van der Waals surface area contributed by atoms with E-state index >= 15 is 0 Å². The van der Waals surface area contributed by atoms with Crippen molar-refractivity contribution in [2.75, 3.05) is 0 Å². The van der Waals surface area contributed by atoms with Gasteiger partial charge in [-0.15, -0.1) is 21.5 Å². The number of aromatic nitrogens is 4. The van der Waals surface area contributed by atoms with E-state index in [2.05, 4.69) is 17.1 Å². The largest absolute Gasteiger partial charge is 0.419 e. The molecular weight excluding hydrogens is 392 g/mol. The maximum Gasteiger partial charge on any atom is 0.262 e. The van der Waals surface area contributed by atoms with E-state index in [-0.39, 0.29) is 10.8 Å². The molecule has 0 aliphatic heterocycles. The van der Waals surface area contributed by atoms with Crippen molar-refractivity contribution in [3.63, 3.8) is 0 Å². The summed E-state index contributed by atoms with van der Waals surface area (Å²) in [4.78, 5) is 18.7. The number of thiophene rings is 1. The summed E-state index contributed by atoms with van der Waals surface area (Å²) in [5.41, 5.74) is 0.707. The lowest BCUT2D eigenvalue weighted by molar-refractivity contribution is 0.508. The van der Waals surface area contributed by atoms with Gasteiger partial charge in [0.1, 0.15) is 0 Å². The first-order valence-electron chi connectivity index (χ1n) is 9.21. The maximum atomic E-state index is 13.0. The lowest BCUT2D eigenvalue weighted by atomic mass is 10.2. The number of fused-ring (bicyclic) bond motifs is 1. The molecule has 1 aromatic carbocycles. The van der Waals surface area contributed by atoms with E-state index < -0.39 is 0 Å². The minimum absolute atomic E-state index is 0.00134. The molecule has 0 amide bonds. The van der Waals surface area contributed by atoms with Gasteiger partial charge >= 0.3 is 0 Å². The molecule has 0 radical (unpaired) electrons. The van der Waals surface area contributed by atoms with Crippen LogP contribution in [-0.2, 0) is 6.54 Å². The highest BCUT2D eigenvalue weighted by Crippen LogP contribution is 2.35. The number of nitrogens with zero attached hydrogens (tertiary/aromatic N) is 4. The smallest absolute Gasteiger partial charge is 0.262 e. The zero-order valence-electron chi connectivity index (χ0n) is 15.7. The van der Waals surface area contributed by atoms with Crippen LogP contribution in [-0.4, -0.2) is 19.7 Å². The van der Waals surface area contributed by atoms with Crippen LogP contribution in [0, 0.1) is 0 Å². The molecule has 144 valence electrons. The van der Waals surface area contributed by atoms with Crippen LogP contribution in [0.2, 0.25) is 0 Å². The Morgan fingerprint density at radius 3 is 2.86 bits per heavy atom. The second kappa shape index (κ2) is 8.28. The fraction of sp³-hybridized carbons (Fsp3) is 0.300. The summed E-state index contributed by atoms with van der Waals surface area (Å²) < 4.78 is 7.62. The van der Waals surface area contributed by atoms with Crippen LogP contribution < -0.4 is 5.56 Å². The number of rotatable bonds is 7. The minimum atomic E-state index is -0.123. The van der Waals surface area contributed by atoms with Gasteiger partial charge in [0.25, 0.3) is 11.4 Å². The standard InChI is InChI=1S/C20H20N4O2S2/c1-3-4-11-24-19(25)14-8-5-6-9-15(14)21-20(24)28-13(2)17-22-23-18(26-17)16-10-7-12-27-16/h5-10,12-13H,3-4,11H2,1-2H3/t13-/m1/s1. The van der Waals surface area contributed by atoms with Gasteiger partial charge in [-0.1, -0.05) is 43.3 Å². The fourth-order valence-corrected chi connectivity index (χ4v) is 4.47. The molecule has 1 atom stereocenters. The van der Waals surface area contributed by atoms with Gasteiger partial charge in [-0.05, 0) is 36.9 Å². The summed E-state index contributed by atoms with van der Waals surface area (Å²) in [5.74, 6) is 1.05. The first-order chi connectivity index (χ1) is 13.7. The molecule has 4 rings (SSSR count). The average Bonchev–Trinajstić information content (AvgIpc) is 3.39. The van der Waals surface area contributed by atoms with Crippen molar-refractivity contribution in [1.82, 2.24) is 19.7 Å². The monoisotopic (exact) mass is 412 g/mol. The Bertz CT molecular complexity index is 1130. The van der Waals surface area contributed by atoms with Crippen molar-refractivity contribution in [3.05, 3.63) is 58.0 Å². The van der Waals surface area contributed by atoms with Gasteiger partial charge < -0.3 is 4.42 Å². The molecule has 0 spiro atoms. The molecular formula is C20H20N4O2S2. The second-order valence-corrected chi connectivity index (χ2v) is 8.66. The number of hydrogen-bond acceptors (Lipinski definition) is 7. The third kappa shape index (κ3) is 3.74. The van der Waals surface area contributed by atoms with Crippen LogP contribution in [0.25, 0.3) is 21.7 Å². The SMILES string of the molecule is CCCCn1c(S[C@H](C)c2nnc(-c3cccs3)o2)nc2ccccc2c1=O. The van der Waals surface area contributed by atoms with Crippen molar-refractivity contribution in [2.24, 2.45) is 0 Å². The van der Waals surface area contributed by atoms with Gasteiger partial charge in [-0.25, -0.2) is 4.98 Å². The van der Waals surface area contributed by atoms with Crippen molar-refractivity contribution < 1.29 is 4.42 Å². The van der Waals surface area contributed by atoms with E-state index in [1.165, 1.54) is 11.8 Å². The highest BCUT2D eigenvalue weighted by atomic mass is 32.2. The Kier molecular flexibility index (Phi) is 5.59. The topological polar surface area (TPSA) is 73.8 Å². The minimum Gasteiger partial charge on any atom is -0.419 e. The molecule has 0 aliphatic rings.